The molecule has 0 atom stereocenters. The van der Waals surface area contributed by atoms with Crippen LogP contribution in [-0.2, 0) is 4.79 Å². The second-order valence-corrected chi connectivity index (χ2v) is 7.66. The van der Waals surface area contributed by atoms with Gasteiger partial charge >= 0.3 is 0 Å². The van der Waals surface area contributed by atoms with Crippen LogP contribution in [0.5, 0.6) is 5.88 Å². The predicted octanol–water partition coefficient (Wildman–Crippen LogP) is 2.89. The van der Waals surface area contributed by atoms with Crippen molar-refractivity contribution in [2.24, 2.45) is 4.99 Å². The number of nitro groups is 1. The zero-order valence-corrected chi connectivity index (χ0v) is 15.6. The molecular weight excluding hydrogens is 410 g/mol. The molecule has 4 rings (SSSR count). The van der Waals surface area contributed by atoms with E-state index < -0.39 is 10.8 Å². The van der Waals surface area contributed by atoms with Crippen LogP contribution < -0.4 is 10.6 Å². The van der Waals surface area contributed by atoms with Crippen LogP contribution in [0.1, 0.15) is 4.88 Å². The molecule has 0 aliphatic carbocycles. The normalized spacial score (nSPS) is 12.8. The molecule has 0 saturated heterocycles. The Hall–Kier alpha value is -2.88. The lowest BCUT2D eigenvalue weighted by Crippen LogP contribution is -2.23. The highest BCUT2D eigenvalue weighted by Crippen LogP contribution is 2.35. The van der Waals surface area contributed by atoms with Gasteiger partial charge in [0.05, 0.1) is 21.5 Å². The molecule has 10 heteroatoms. The highest BCUT2D eigenvalue weighted by atomic mass is 35.5. The smallest absolute Gasteiger partial charge is 0.279 e. The molecule has 27 heavy (non-hydrogen) atoms. The van der Waals surface area contributed by atoms with Crippen LogP contribution in [0.25, 0.3) is 11.3 Å². The molecule has 0 spiro atoms. The molecule has 0 bridgehead atoms. The first-order valence-corrected chi connectivity index (χ1v) is 9.10. The van der Waals surface area contributed by atoms with E-state index in [1.807, 2.05) is 0 Å². The first kappa shape index (κ1) is 17.5. The van der Waals surface area contributed by atoms with Gasteiger partial charge in [0.1, 0.15) is 4.88 Å². The number of hydrogen-bond donors (Lipinski definition) is 1. The van der Waals surface area contributed by atoms with Crippen molar-refractivity contribution in [3.05, 3.63) is 77.0 Å². The van der Waals surface area contributed by atoms with E-state index in [-0.39, 0.29) is 22.0 Å². The van der Waals surface area contributed by atoms with E-state index in [2.05, 4.69) is 4.99 Å². The molecule has 134 valence electrons. The fourth-order valence-electron chi connectivity index (χ4n) is 2.78. The average Bonchev–Trinajstić information content (AvgIpc) is 3.10. The number of amides is 1. The highest BCUT2D eigenvalue weighted by Gasteiger charge is 2.26. The third-order valence-electron chi connectivity index (χ3n) is 3.99. The highest BCUT2D eigenvalue weighted by molar-refractivity contribution is 7.73. The fraction of sp³-hybridized carbons (Fsp3) is 0. The summed E-state index contributed by atoms with van der Waals surface area (Å²) >= 11 is 12.3. The van der Waals surface area contributed by atoms with Gasteiger partial charge < -0.3 is 5.11 Å². The Kier molecular flexibility index (Phi) is 4.14. The van der Waals surface area contributed by atoms with Crippen molar-refractivity contribution in [3.63, 3.8) is 0 Å². The van der Waals surface area contributed by atoms with Crippen LogP contribution in [0, 0.1) is 14.1 Å². The maximum Gasteiger partial charge on any atom is 0.279 e. The number of benzene rings is 2. The van der Waals surface area contributed by atoms with E-state index >= 15 is 0 Å². The van der Waals surface area contributed by atoms with Gasteiger partial charge in [0.15, 0.2) is 3.95 Å². The van der Waals surface area contributed by atoms with E-state index in [1.54, 1.807) is 24.3 Å². The lowest BCUT2D eigenvalue weighted by Gasteiger charge is -2.05. The maximum absolute atomic E-state index is 12.4. The van der Waals surface area contributed by atoms with E-state index in [4.69, 9.17) is 23.8 Å². The van der Waals surface area contributed by atoms with Crippen LogP contribution in [0.15, 0.2) is 47.5 Å². The minimum atomic E-state index is -0.583. The number of halogens is 1. The fourth-order valence-corrected chi connectivity index (χ4v) is 4.29. The number of rotatable bonds is 3. The first-order valence-electron chi connectivity index (χ1n) is 7.50. The van der Waals surface area contributed by atoms with Gasteiger partial charge in [0.2, 0.25) is 5.88 Å². The number of nitrogens with zero attached hydrogens (tertiary/aromatic N) is 3. The number of carbonyl (C=O) groups excluding carboxylic acids is 1. The third kappa shape index (κ3) is 2.85. The summed E-state index contributed by atoms with van der Waals surface area (Å²) in [6.07, 6.45) is 0. The number of aromatic hydroxyl groups is 1. The summed E-state index contributed by atoms with van der Waals surface area (Å²) in [5.41, 5.74) is 0.498. The van der Waals surface area contributed by atoms with Gasteiger partial charge in [-0.2, -0.15) is 0 Å². The van der Waals surface area contributed by atoms with Gasteiger partial charge in [-0.15, -0.1) is 11.3 Å². The van der Waals surface area contributed by atoms with Crippen molar-refractivity contribution < 1.29 is 14.8 Å². The van der Waals surface area contributed by atoms with E-state index in [0.29, 0.717) is 25.2 Å². The Morgan fingerprint density at radius 2 is 1.93 bits per heavy atom. The standard InChI is InChI=1S/C17H8ClN3O4S2/c18-8-1-3-9(4-2-8)20-16(23)14(27-17(20)26)13-11-7-10(21(24)25)5-6-12(11)19-15(13)22/h1-7,23H. The van der Waals surface area contributed by atoms with Crippen LogP contribution in [0.4, 0.5) is 5.69 Å². The Morgan fingerprint density at radius 3 is 2.59 bits per heavy atom. The summed E-state index contributed by atoms with van der Waals surface area (Å²) in [6, 6.07) is 10.6. The van der Waals surface area contributed by atoms with Crippen LogP contribution >= 0.6 is 35.2 Å². The Morgan fingerprint density at radius 1 is 1.22 bits per heavy atom. The summed E-state index contributed by atoms with van der Waals surface area (Å²) in [7, 11) is 0. The molecule has 1 aromatic heterocycles. The van der Waals surface area contributed by atoms with E-state index in [1.165, 1.54) is 22.8 Å². The number of non-ortho nitro benzene ring substituents is 1. The van der Waals surface area contributed by atoms with Crippen molar-refractivity contribution in [3.8, 4) is 11.6 Å². The molecule has 1 aliphatic heterocycles. The molecule has 1 N–H and O–H groups in total. The number of fused-ring (bicyclic) bond motifs is 1. The zero-order chi connectivity index (χ0) is 19.3. The van der Waals surface area contributed by atoms with Crippen molar-refractivity contribution in [2.75, 3.05) is 0 Å². The number of hydrogen-bond acceptors (Lipinski definition) is 6. The number of aromatic nitrogens is 1. The van der Waals surface area contributed by atoms with E-state index in [0.717, 1.165) is 11.3 Å². The summed E-state index contributed by atoms with van der Waals surface area (Å²) in [5.74, 6) is -0.814. The Labute approximate surface area is 165 Å². The van der Waals surface area contributed by atoms with Gasteiger partial charge in [-0.3, -0.25) is 19.5 Å². The largest absolute Gasteiger partial charge is 0.493 e. The van der Waals surface area contributed by atoms with Crippen LogP contribution in [0.3, 0.4) is 0 Å². The summed E-state index contributed by atoms with van der Waals surface area (Å²) in [5, 5.41) is 22.9. The minimum Gasteiger partial charge on any atom is -0.493 e. The molecule has 0 unspecified atom stereocenters. The van der Waals surface area contributed by atoms with Gasteiger partial charge in [-0.1, -0.05) is 11.6 Å². The molecule has 2 heterocycles. The average molecular weight is 418 g/mol. The molecule has 0 radical (unpaired) electrons. The summed E-state index contributed by atoms with van der Waals surface area (Å²) in [4.78, 5) is 27.1. The molecule has 1 aliphatic rings. The minimum absolute atomic E-state index is 0.0926. The molecule has 2 aromatic carbocycles. The molecule has 0 fully saturated rings. The lowest BCUT2D eigenvalue weighted by molar-refractivity contribution is -0.385. The second kappa shape index (κ2) is 6.38. The second-order valence-electron chi connectivity index (χ2n) is 5.58. The maximum atomic E-state index is 12.4. The molecule has 3 aromatic rings. The molecule has 1 amide bonds. The van der Waals surface area contributed by atoms with Crippen LogP contribution in [0.2, 0.25) is 5.02 Å². The van der Waals surface area contributed by atoms with Gasteiger partial charge in [-0.05, 0) is 42.5 Å². The number of carbonyl (C=O) groups is 1. The summed E-state index contributed by atoms with van der Waals surface area (Å²) < 4.78 is 1.71. The van der Waals surface area contributed by atoms with Crippen LogP contribution in [-0.4, -0.2) is 20.5 Å². The molecule has 7 nitrogen and oxygen atoms in total. The van der Waals surface area contributed by atoms with Gasteiger partial charge in [-0.25, -0.2) is 4.99 Å². The van der Waals surface area contributed by atoms with Crippen molar-refractivity contribution in [1.82, 2.24) is 4.57 Å². The molecule has 0 saturated carbocycles. The third-order valence-corrected chi connectivity index (χ3v) is 5.63. The predicted molar refractivity (Wildman–Crippen MR) is 103 cm³/mol. The van der Waals surface area contributed by atoms with Gasteiger partial charge in [0.25, 0.3) is 11.6 Å². The Bertz CT molecular complexity index is 1310. The van der Waals surface area contributed by atoms with Crippen molar-refractivity contribution in [2.45, 2.75) is 0 Å². The quantitative estimate of drug-likeness (QED) is 0.401. The lowest BCUT2D eigenvalue weighted by atomic mass is 10.1. The summed E-state index contributed by atoms with van der Waals surface area (Å²) in [6.45, 7) is 0. The van der Waals surface area contributed by atoms with Crippen molar-refractivity contribution in [1.29, 1.82) is 0 Å². The van der Waals surface area contributed by atoms with Crippen molar-refractivity contribution >= 4 is 52.3 Å². The topological polar surface area (TPSA) is 97.7 Å². The zero-order valence-electron chi connectivity index (χ0n) is 13.2. The van der Waals surface area contributed by atoms with E-state index in [9.17, 15) is 20.0 Å². The number of nitro benzene ring substituents is 1. The Balaban J connectivity index is 2.00. The number of thiazole rings is 1. The monoisotopic (exact) mass is 417 g/mol. The molecular formula is C17H8ClN3O4S2. The van der Waals surface area contributed by atoms with Gasteiger partial charge in [0, 0.05) is 22.4 Å². The SMILES string of the molecule is O=C1N=c2ccc([N+](=O)[O-])cc2=C1c1sc(=S)n(-c2ccc(Cl)cc2)c1O. The first-order chi connectivity index (χ1) is 12.9.